The van der Waals surface area contributed by atoms with Crippen molar-refractivity contribution in [3.63, 3.8) is 0 Å². The van der Waals surface area contributed by atoms with Gasteiger partial charge in [-0.2, -0.15) is 0 Å². The summed E-state index contributed by atoms with van der Waals surface area (Å²) in [4.78, 5) is 0. The van der Waals surface area contributed by atoms with Gasteiger partial charge in [0.05, 0.1) is 12.2 Å². The molecule has 0 aromatic heterocycles. The van der Waals surface area contributed by atoms with E-state index in [1.54, 1.807) is 0 Å². The predicted molar refractivity (Wildman–Crippen MR) is 38.1 cm³/mol. The fourth-order valence-electron chi connectivity index (χ4n) is 0.983. The van der Waals surface area contributed by atoms with Crippen molar-refractivity contribution in [2.75, 3.05) is 12.3 Å². The Morgan fingerprint density at radius 3 is 2.00 bits per heavy atom. The molecule has 1 saturated heterocycles. The average Bonchev–Trinajstić information content (AvgIpc) is 1.64. The summed E-state index contributed by atoms with van der Waals surface area (Å²) in [5, 5.41) is 0. The number of hydrogen-bond donors (Lipinski definition) is 0. The summed E-state index contributed by atoms with van der Waals surface area (Å²) in [7, 11) is 1.14. The number of hydrogen-bond acceptors (Lipinski definition) is 1. The van der Waals surface area contributed by atoms with Crippen LogP contribution >= 0.6 is 8.58 Å². The summed E-state index contributed by atoms with van der Waals surface area (Å²) >= 11 is 0. The van der Waals surface area contributed by atoms with Crippen LogP contribution in [-0.4, -0.2) is 24.5 Å². The van der Waals surface area contributed by atoms with Crippen molar-refractivity contribution in [2.24, 2.45) is 0 Å². The lowest BCUT2D eigenvalue weighted by atomic mass is 10.4. The molecule has 0 radical (unpaired) electrons. The smallest absolute Gasteiger partial charge is 0.0587 e. The highest BCUT2D eigenvalue weighted by atomic mass is 31.1. The Labute approximate surface area is 52.6 Å². The molecule has 48 valence electrons. The molecule has 0 N–H and O–H groups in total. The van der Waals surface area contributed by atoms with Crippen LogP contribution in [0.15, 0.2) is 0 Å². The van der Waals surface area contributed by atoms with Gasteiger partial charge in [0, 0.05) is 0 Å². The van der Waals surface area contributed by atoms with Crippen molar-refractivity contribution in [1.29, 1.82) is 0 Å². The second-order valence-corrected chi connectivity index (χ2v) is 3.73. The van der Waals surface area contributed by atoms with Crippen LogP contribution in [0.25, 0.3) is 0 Å². The van der Waals surface area contributed by atoms with Gasteiger partial charge in [-0.15, -0.1) is 8.58 Å². The van der Waals surface area contributed by atoms with Crippen LogP contribution in [0.1, 0.15) is 13.8 Å². The zero-order chi connectivity index (χ0) is 5.98. The van der Waals surface area contributed by atoms with Crippen molar-refractivity contribution in [1.82, 2.24) is 0 Å². The quantitative estimate of drug-likeness (QED) is 0.453. The molecule has 1 rings (SSSR count). The minimum Gasteiger partial charge on any atom is -0.375 e. The fraction of sp³-hybridized carbons (Fsp3) is 1.00. The first-order valence-corrected chi connectivity index (χ1v) is 4.56. The van der Waals surface area contributed by atoms with Gasteiger partial charge >= 0.3 is 0 Å². The largest absolute Gasteiger partial charge is 0.375 e. The van der Waals surface area contributed by atoms with Crippen molar-refractivity contribution in [3.8, 4) is 0 Å². The Kier molecular flexibility index (Phi) is 2.27. The Morgan fingerprint density at radius 2 is 1.75 bits per heavy atom. The lowest BCUT2D eigenvalue weighted by Gasteiger charge is -2.24. The van der Waals surface area contributed by atoms with Gasteiger partial charge in [-0.05, 0) is 26.2 Å². The van der Waals surface area contributed by atoms with Gasteiger partial charge in [-0.1, -0.05) is 0 Å². The zero-order valence-corrected chi connectivity index (χ0v) is 6.48. The molecular weight excluding hydrogens is 119 g/mol. The van der Waals surface area contributed by atoms with E-state index in [0.29, 0.717) is 12.2 Å². The van der Waals surface area contributed by atoms with Crippen LogP contribution in [0.5, 0.6) is 0 Å². The molecule has 1 aliphatic rings. The Morgan fingerprint density at radius 1 is 1.25 bits per heavy atom. The molecule has 1 nitrogen and oxygen atoms in total. The van der Waals surface area contributed by atoms with Crippen molar-refractivity contribution in [3.05, 3.63) is 0 Å². The van der Waals surface area contributed by atoms with E-state index in [0.717, 1.165) is 8.58 Å². The predicted octanol–water partition coefficient (Wildman–Crippen LogP) is 1.47. The van der Waals surface area contributed by atoms with Crippen LogP contribution in [0.2, 0.25) is 0 Å². The molecule has 0 saturated carbocycles. The molecule has 0 aliphatic carbocycles. The molecule has 2 unspecified atom stereocenters. The maximum absolute atomic E-state index is 5.49. The molecule has 1 fully saturated rings. The van der Waals surface area contributed by atoms with Crippen LogP contribution in [0, 0.1) is 0 Å². The monoisotopic (exact) mass is 132 g/mol. The molecule has 1 heterocycles. The van der Waals surface area contributed by atoms with E-state index in [9.17, 15) is 0 Å². The highest BCUT2D eigenvalue weighted by Gasteiger charge is 2.13. The molecule has 0 aromatic rings. The summed E-state index contributed by atoms with van der Waals surface area (Å²) in [6.45, 7) is 4.31. The maximum Gasteiger partial charge on any atom is 0.0587 e. The van der Waals surface area contributed by atoms with E-state index in [1.807, 2.05) is 0 Å². The lowest BCUT2D eigenvalue weighted by molar-refractivity contribution is 0.0278. The highest BCUT2D eigenvalue weighted by molar-refractivity contribution is 7.38. The van der Waals surface area contributed by atoms with Gasteiger partial charge in [0.15, 0.2) is 0 Å². The summed E-state index contributed by atoms with van der Waals surface area (Å²) in [6.07, 6.45) is 3.61. The van der Waals surface area contributed by atoms with Gasteiger partial charge < -0.3 is 4.74 Å². The number of ether oxygens (including phenoxy) is 1. The molecule has 1 aliphatic heterocycles. The van der Waals surface area contributed by atoms with E-state index in [-0.39, 0.29) is 0 Å². The van der Waals surface area contributed by atoms with Crippen molar-refractivity contribution < 1.29 is 4.74 Å². The minimum absolute atomic E-state index is 0.525. The number of rotatable bonds is 0. The fourth-order valence-corrected chi connectivity index (χ4v) is 2.15. The van der Waals surface area contributed by atoms with E-state index in [2.05, 4.69) is 13.8 Å². The van der Waals surface area contributed by atoms with E-state index in [4.69, 9.17) is 4.74 Å². The van der Waals surface area contributed by atoms with Gasteiger partial charge in [0.2, 0.25) is 0 Å². The first kappa shape index (κ1) is 6.51. The first-order valence-electron chi connectivity index (χ1n) is 3.15. The summed E-state index contributed by atoms with van der Waals surface area (Å²) < 4.78 is 5.49. The Bertz CT molecular complexity index is 66.9. The molecule has 2 atom stereocenters. The van der Waals surface area contributed by atoms with Crippen molar-refractivity contribution in [2.45, 2.75) is 26.1 Å². The minimum atomic E-state index is 0.525. The third kappa shape index (κ3) is 1.72. The van der Waals surface area contributed by atoms with E-state index >= 15 is 0 Å². The van der Waals surface area contributed by atoms with Crippen LogP contribution in [0.4, 0.5) is 0 Å². The average molecular weight is 132 g/mol. The third-order valence-electron chi connectivity index (χ3n) is 1.33. The molecule has 0 amide bonds. The van der Waals surface area contributed by atoms with Crippen molar-refractivity contribution >= 4 is 8.58 Å². The van der Waals surface area contributed by atoms with E-state index in [1.165, 1.54) is 12.3 Å². The summed E-state index contributed by atoms with van der Waals surface area (Å²) in [5.74, 6) is 0. The van der Waals surface area contributed by atoms with Gasteiger partial charge in [-0.25, -0.2) is 0 Å². The van der Waals surface area contributed by atoms with Crippen LogP contribution < -0.4 is 0 Å². The maximum atomic E-state index is 5.49. The third-order valence-corrected chi connectivity index (χ3v) is 3.06. The molecule has 0 bridgehead atoms. The van der Waals surface area contributed by atoms with Gasteiger partial charge in [-0.3, -0.25) is 0 Å². The highest BCUT2D eigenvalue weighted by Crippen LogP contribution is 2.22. The lowest BCUT2D eigenvalue weighted by Crippen LogP contribution is -2.25. The van der Waals surface area contributed by atoms with E-state index < -0.39 is 0 Å². The normalized spacial score (nSPS) is 42.8. The SMILES string of the molecule is CC1CPCC(C)O1. The molecule has 8 heavy (non-hydrogen) atoms. The van der Waals surface area contributed by atoms with Gasteiger partial charge in [0.25, 0.3) is 0 Å². The molecule has 2 heteroatoms. The van der Waals surface area contributed by atoms with Crippen LogP contribution in [-0.2, 0) is 4.74 Å². The molecule has 0 aromatic carbocycles. The molecule has 0 spiro atoms. The Balaban J connectivity index is 2.23. The summed E-state index contributed by atoms with van der Waals surface area (Å²) in [6, 6.07) is 0. The van der Waals surface area contributed by atoms with Gasteiger partial charge in [0.1, 0.15) is 0 Å². The Hall–Kier alpha value is 0.390. The first-order chi connectivity index (χ1) is 3.79. The topological polar surface area (TPSA) is 9.23 Å². The van der Waals surface area contributed by atoms with Crippen LogP contribution in [0.3, 0.4) is 0 Å². The second kappa shape index (κ2) is 2.80. The molecular formula is C6H13OP. The standard InChI is InChI=1S/C6H13OP/c1-5-3-8-4-6(2)7-5/h5-6,8H,3-4H2,1-2H3. The second-order valence-electron chi connectivity index (χ2n) is 2.42. The summed E-state index contributed by atoms with van der Waals surface area (Å²) in [5.41, 5.74) is 0. The zero-order valence-electron chi connectivity index (χ0n) is 5.48.